The minimum atomic E-state index is -4.68. The molecule has 0 radical (unpaired) electrons. The lowest BCUT2D eigenvalue weighted by molar-refractivity contribution is -0.137. The van der Waals surface area contributed by atoms with E-state index in [-0.39, 0.29) is 5.56 Å². The topological polar surface area (TPSA) is 71.8 Å². The van der Waals surface area contributed by atoms with E-state index in [4.69, 9.17) is 5.14 Å². The van der Waals surface area contributed by atoms with Crippen LogP contribution in [-0.4, -0.2) is 14.2 Å². The molecular weight excluding hydrogens is 430 g/mol. The summed E-state index contributed by atoms with van der Waals surface area (Å²) < 4.78 is 64.6. The fourth-order valence-electron chi connectivity index (χ4n) is 3.24. The van der Waals surface area contributed by atoms with Crippen LogP contribution >= 0.6 is 0 Å². The molecule has 0 saturated heterocycles. The molecule has 0 aliphatic rings. The average Bonchev–Trinajstić information content (AvgIpc) is 3.14. The van der Waals surface area contributed by atoms with Crippen LogP contribution in [0.25, 0.3) is 34.3 Å². The number of rotatable bonds is 4. The highest BCUT2D eigenvalue weighted by atomic mass is 32.2. The first kappa shape index (κ1) is 21.0. The third kappa shape index (κ3) is 4.42. The Kier molecular flexibility index (Phi) is 5.47. The van der Waals surface area contributed by atoms with Gasteiger partial charge in [0.25, 0.3) is 0 Å². The number of aromatic amines is 1. The average molecular weight is 445 g/mol. The van der Waals surface area contributed by atoms with Gasteiger partial charge in [-0.3, -0.25) is 0 Å². The van der Waals surface area contributed by atoms with Crippen molar-refractivity contribution >= 4 is 34.2 Å². The van der Waals surface area contributed by atoms with E-state index >= 15 is 0 Å². The zero-order valence-electron chi connectivity index (χ0n) is 15.8. The highest BCUT2D eigenvalue weighted by Crippen LogP contribution is 2.33. The van der Waals surface area contributed by atoms with Crippen LogP contribution in [0.1, 0.15) is 17.0 Å². The number of imidazole rings is 1. The van der Waals surface area contributed by atoms with E-state index in [2.05, 4.69) is 9.97 Å². The van der Waals surface area contributed by atoms with E-state index in [1.165, 1.54) is 12.2 Å². The summed E-state index contributed by atoms with van der Waals surface area (Å²) in [5, 5.41) is 5.55. The molecule has 0 amide bonds. The fraction of sp³-hybridized carbons (Fsp3) is 0.0455. The highest BCUT2D eigenvalue weighted by Gasteiger charge is 2.33. The smallest absolute Gasteiger partial charge is 0.338 e. The van der Waals surface area contributed by atoms with Crippen LogP contribution in [-0.2, 0) is 17.2 Å². The molecule has 158 valence electrons. The quantitative estimate of drug-likeness (QED) is 0.405. The first-order chi connectivity index (χ1) is 14.7. The second-order valence-corrected chi connectivity index (χ2v) is 7.74. The van der Waals surface area contributed by atoms with Crippen LogP contribution in [0.15, 0.2) is 65.6 Å². The van der Waals surface area contributed by atoms with Crippen LogP contribution < -0.4 is 5.14 Å². The summed E-state index contributed by atoms with van der Waals surface area (Å²) in [6.45, 7) is 0. The van der Waals surface area contributed by atoms with Gasteiger partial charge in [0.05, 0.1) is 21.5 Å². The number of halogens is 4. The maximum absolute atomic E-state index is 13.3. The van der Waals surface area contributed by atoms with Crippen LogP contribution in [0.2, 0.25) is 0 Å². The molecule has 4 aromatic rings. The van der Waals surface area contributed by atoms with Gasteiger partial charge in [0.2, 0.25) is 0 Å². The number of benzene rings is 3. The van der Waals surface area contributed by atoms with Gasteiger partial charge < -0.3 is 4.98 Å². The second-order valence-electron chi connectivity index (χ2n) is 6.71. The molecule has 0 fully saturated rings. The normalized spacial score (nSPS) is 13.2. The van der Waals surface area contributed by atoms with E-state index in [0.717, 1.165) is 17.7 Å². The Morgan fingerprint density at radius 1 is 1.00 bits per heavy atom. The SMILES string of the molecule is NS(=O)c1ccccc1-c1ccc2nc(/C=C/c3ccc(F)cc3C(F)(F)F)[nH]c2c1. The Balaban J connectivity index is 1.70. The van der Waals surface area contributed by atoms with Crippen molar-refractivity contribution in [3.63, 3.8) is 0 Å². The third-order valence-electron chi connectivity index (χ3n) is 4.66. The minimum Gasteiger partial charge on any atom is -0.338 e. The summed E-state index contributed by atoms with van der Waals surface area (Å²) in [4.78, 5) is 7.86. The van der Waals surface area contributed by atoms with E-state index in [1.54, 1.807) is 42.5 Å². The van der Waals surface area contributed by atoms with Crippen LogP contribution in [0.4, 0.5) is 17.6 Å². The number of H-pyrrole nitrogens is 1. The summed E-state index contributed by atoms with van der Waals surface area (Å²) in [5.74, 6) is -0.625. The van der Waals surface area contributed by atoms with E-state index < -0.39 is 28.5 Å². The number of hydrogen-bond acceptors (Lipinski definition) is 2. The number of nitrogens with two attached hydrogens (primary N) is 1. The lowest BCUT2D eigenvalue weighted by Gasteiger charge is -2.10. The van der Waals surface area contributed by atoms with Gasteiger partial charge >= 0.3 is 6.18 Å². The van der Waals surface area contributed by atoms with Gasteiger partial charge in [-0.2, -0.15) is 13.2 Å². The molecule has 0 saturated carbocycles. The Hall–Kier alpha value is -3.30. The monoisotopic (exact) mass is 445 g/mol. The van der Waals surface area contributed by atoms with Crippen molar-refractivity contribution in [1.82, 2.24) is 9.97 Å². The van der Waals surface area contributed by atoms with Crippen molar-refractivity contribution in [3.05, 3.63) is 83.4 Å². The molecule has 0 spiro atoms. The van der Waals surface area contributed by atoms with Gasteiger partial charge in [0.1, 0.15) is 22.6 Å². The van der Waals surface area contributed by atoms with Gasteiger partial charge in [-0.1, -0.05) is 36.4 Å². The van der Waals surface area contributed by atoms with Crippen molar-refractivity contribution in [2.75, 3.05) is 0 Å². The van der Waals surface area contributed by atoms with Crippen molar-refractivity contribution in [3.8, 4) is 11.1 Å². The number of hydrogen-bond donors (Lipinski definition) is 2. The van der Waals surface area contributed by atoms with E-state index in [0.29, 0.717) is 33.4 Å². The fourth-order valence-corrected chi connectivity index (χ4v) is 3.86. The van der Waals surface area contributed by atoms with Gasteiger partial charge in [0.15, 0.2) is 0 Å². The van der Waals surface area contributed by atoms with Crippen LogP contribution in [0.3, 0.4) is 0 Å². The molecule has 1 atom stereocenters. The zero-order chi connectivity index (χ0) is 22.2. The lowest BCUT2D eigenvalue weighted by Crippen LogP contribution is -2.07. The Morgan fingerprint density at radius 2 is 1.77 bits per heavy atom. The Labute approximate surface area is 177 Å². The lowest BCUT2D eigenvalue weighted by atomic mass is 10.1. The molecule has 0 bridgehead atoms. The van der Waals surface area contributed by atoms with Crippen LogP contribution in [0.5, 0.6) is 0 Å². The van der Waals surface area contributed by atoms with Crippen molar-refractivity contribution < 1.29 is 21.8 Å². The Morgan fingerprint density at radius 3 is 2.52 bits per heavy atom. The summed E-state index contributed by atoms with van der Waals surface area (Å²) in [6.07, 6.45) is -2.06. The number of nitrogens with one attached hydrogen (secondary N) is 1. The minimum absolute atomic E-state index is 0.172. The first-order valence-electron chi connectivity index (χ1n) is 9.02. The third-order valence-corrected chi connectivity index (χ3v) is 5.45. The molecule has 1 aromatic heterocycles. The molecule has 9 heteroatoms. The summed E-state index contributed by atoms with van der Waals surface area (Å²) in [5.41, 5.74) is 1.48. The summed E-state index contributed by atoms with van der Waals surface area (Å²) >= 11 is 0. The molecule has 0 aliphatic carbocycles. The standard InChI is InChI=1S/C22H15F4N3OS/c23-15-8-5-13(17(12-15)22(24,25)26)7-10-21-28-18-9-6-14(11-19(18)29-21)16-3-1-2-4-20(16)31(27)30/h1-12H,27H2,(H,28,29)/b10-7+. The maximum Gasteiger partial charge on any atom is 0.417 e. The molecular formula is C22H15F4N3OS. The maximum atomic E-state index is 13.3. The van der Waals surface area contributed by atoms with E-state index in [1.807, 2.05) is 0 Å². The van der Waals surface area contributed by atoms with Gasteiger partial charge in [-0.25, -0.2) is 18.7 Å². The Bertz CT molecular complexity index is 1330. The molecule has 4 rings (SSSR count). The van der Waals surface area contributed by atoms with Crippen molar-refractivity contribution in [1.29, 1.82) is 0 Å². The second kappa shape index (κ2) is 8.09. The van der Waals surface area contributed by atoms with E-state index in [9.17, 15) is 21.8 Å². The molecule has 3 aromatic carbocycles. The molecule has 1 heterocycles. The molecule has 1 unspecified atom stereocenters. The molecule has 31 heavy (non-hydrogen) atoms. The van der Waals surface area contributed by atoms with Gasteiger partial charge in [0, 0.05) is 0 Å². The predicted molar refractivity (Wildman–Crippen MR) is 112 cm³/mol. The van der Waals surface area contributed by atoms with Crippen LogP contribution in [0, 0.1) is 5.82 Å². The first-order valence-corrected chi connectivity index (χ1v) is 10.2. The predicted octanol–water partition coefficient (Wildman–Crippen LogP) is 5.54. The van der Waals surface area contributed by atoms with Crippen molar-refractivity contribution in [2.24, 2.45) is 5.14 Å². The highest BCUT2D eigenvalue weighted by molar-refractivity contribution is 7.82. The molecule has 4 nitrogen and oxygen atoms in total. The summed E-state index contributed by atoms with van der Waals surface area (Å²) in [6, 6.07) is 14.9. The number of aromatic nitrogens is 2. The number of fused-ring (bicyclic) bond motifs is 1. The van der Waals surface area contributed by atoms with Gasteiger partial charge in [-0.15, -0.1) is 0 Å². The largest absolute Gasteiger partial charge is 0.417 e. The van der Waals surface area contributed by atoms with Gasteiger partial charge in [-0.05, 0) is 53.1 Å². The van der Waals surface area contributed by atoms with Crippen molar-refractivity contribution in [2.45, 2.75) is 11.1 Å². The number of nitrogens with zero attached hydrogens (tertiary/aromatic N) is 1. The zero-order valence-corrected chi connectivity index (χ0v) is 16.6. The summed E-state index contributed by atoms with van der Waals surface area (Å²) in [7, 11) is -1.66. The number of alkyl halides is 3. The molecule has 0 aliphatic heterocycles. The molecule has 3 N–H and O–H groups in total.